The fourth-order valence-electron chi connectivity index (χ4n) is 1.72. The summed E-state index contributed by atoms with van der Waals surface area (Å²) in [7, 11) is 3.18. The number of carbonyl (C=O) groups excluding carboxylic acids is 1. The number of hydrogen-bond donors (Lipinski definition) is 1. The van der Waals surface area contributed by atoms with Crippen LogP contribution in [0.25, 0.3) is 0 Å². The quantitative estimate of drug-likeness (QED) is 0.902. The Morgan fingerprint density at radius 2 is 2.17 bits per heavy atom. The average molecular weight is 316 g/mol. The second-order valence-electron chi connectivity index (χ2n) is 4.31. The summed E-state index contributed by atoms with van der Waals surface area (Å²) in [5, 5.41) is 9.60. The zero-order chi connectivity index (χ0) is 13.7. The Hall–Kier alpha value is -0.910. The number of carbonyl (C=O) groups is 1. The molecule has 0 fully saturated rings. The zero-order valence-electron chi connectivity index (χ0n) is 10.8. The molecule has 0 bridgehead atoms. The van der Waals surface area contributed by atoms with Gasteiger partial charge in [-0.2, -0.15) is 0 Å². The highest BCUT2D eigenvalue weighted by molar-refractivity contribution is 9.10. The maximum Gasteiger partial charge on any atom is 0.253 e. The minimum atomic E-state index is -0.669. The summed E-state index contributed by atoms with van der Waals surface area (Å²) in [6, 6.07) is 5.54. The van der Waals surface area contributed by atoms with E-state index in [9.17, 15) is 9.90 Å². The number of ether oxygens (including phenoxy) is 1. The number of rotatable bonds is 5. The molecule has 18 heavy (non-hydrogen) atoms. The molecule has 0 saturated carbocycles. The third kappa shape index (κ3) is 4.40. The van der Waals surface area contributed by atoms with Crippen LogP contribution in [0, 0.1) is 6.92 Å². The summed E-state index contributed by atoms with van der Waals surface area (Å²) < 4.78 is 5.70. The lowest BCUT2D eigenvalue weighted by molar-refractivity contribution is 0.0380. The van der Waals surface area contributed by atoms with Crippen molar-refractivity contribution in [3.8, 4) is 0 Å². The predicted octanol–water partition coefficient (Wildman–Crippen LogP) is 1.84. The van der Waals surface area contributed by atoms with E-state index < -0.39 is 6.10 Å². The number of likely N-dealkylation sites (N-methyl/N-ethyl adjacent to an activating group) is 1. The summed E-state index contributed by atoms with van der Waals surface area (Å²) in [4.78, 5) is 13.6. The highest BCUT2D eigenvalue weighted by atomic mass is 79.9. The molecule has 1 N–H and O–H groups in total. The van der Waals surface area contributed by atoms with Crippen LogP contribution in [-0.2, 0) is 4.74 Å². The summed E-state index contributed by atoms with van der Waals surface area (Å²) in [5.74, 6) is -0.116. The Labute approximate surface area is 116 Å². The van der Waals surface area contributed by atoms with Crippen molar-refractivity contribution in [2.45, 2.75) is 13.0 Å². The van der Waals surface area contributed by atoms with E-state index in [1.165, 1.54) is 12.0 Å². The van der Waals surface area contributed by atoms with Gasteiger partial charge in [-0.3, -0.25) is 4.79 Å². The van der Waals surface area contributed by atoms with Crippen LogP contribution in [0.15, 0.2) is 22.7 Å². The van der Waals surface area contributed by atoms with Crippen molar-refractivity contribution in [1.29, 1.82) is 0 Å². The molecule has 0 unspecified atom stereocenters. The van der Waals surface area contributed by atoms with E-state index in [-0.39, 0.29) is 19.1 Å². The molecule has 0 saturated heterocycles. The molecule has 0 aliphatic heterocycles. The van der Waals surface area contributed by atoms with Gasteiger partial charge in [0.1, 0.15) is 0 Å². The Morgan fingerprint density at radius 1 is 1.50 bits per heavy atom. The molecular formula is C13H18BrNO3. The van der Waals surface area contributed by atoms with Crippen LogP contribution in [-0.4, -0.2) is 49.3 Å². The van der Waals surface area contributed by atoms with Crippen molar-refractivity contribution >= 4 is 21.8 Å². The average Bonchev–Trinajstić information content (AvgIpc) is 2.26. The first-order chi connectivity index (χ1) is 8.43. The molecule has 0 aliphatic rings. The summed E-state index contributed by atoms with van der Waals surface area (Å²) >= 11 is 3.37. The van der Waals surface area contributed by atoms with E-state index in [4.69, 9.17) is 4.74 Å². The Balaban J connectivity index is 2.74. The van der Waals surface area contributed by atoms with Gasteiger partial charge in [0.25, 0.3) is 5.91 Å². The monoisotopic (exact) mass is 315 g/mol. The van der Waals surface area contributed by atoms with Gasteiger partial charge in [0.15, 0.2) is 0 Å². The van der Waals surface area contributed by atoms with Crippen molar-refractivity contribution in [3.63, 3.8) is 0 Å². The van der Waals surface area contributed by atoms with Crippen molar-refractivity contribution in [3.05, 3.63) is 33.8 Å². The van der Waals surface area contributed by atoms with Crippen molar-refractivity contribution < 1.29 is 14.6 Å². The molecule has 0 heterocycles. The van der Waals surface area contributed by atoms with Crippen LogP contribution in [0.4, 0.5) is 0 Å². The predicted molar refractivity (Wildman–Crippen MR) is 73.7 cm³/mol. The lowest BCUT2D eigenvalue weighted by atomic mass is 10.1. The fourth-order valence-corrected chi connectivity index (χ4v) is 2.33. The van der Waals surface area contributed by atoms with Gasteiger partial charge in [0.05, 0.1) is 12.7 Å². The first kappa shape index (κ1) is 15.1. The zero-order valence-corrected chi connectivity index (χ0v) is 12.4. The third-order valence-electron chi connectivity index (χ3n) is 2.48. The number of hydrogen-bond acceptors (Lipinski definition) is 3. The Morgan fingerprint density at radius 3 is 2.72 bits per heavy atom. The molecule has 5 heteroatoms. The van der Waals surface area contributed by atoms with Crippen LogP contribution < -0.4 is 0 Å². The van der Waals surface area contributed by atoms with Crippen LogP contribution in [0.5, 0.6) is 0 Å². The highest BCUT2D eigenvalue weighted by Crippen LogP contribution is 2.16. The topological polar surface area (TPSA) is 49.8 Å². The maximum atomic E-state index is 12.1. The van der Waals surface area contributed by atoms with Crippen LogP contribution in [0.3, 0.4) is 0 Å². The molecule has 1 atom stereocenters. The first-order valence-electron chi connectivity index (χ1n) is 5.63. The molecule has 1 amide bonds. The minimum Gasteiger partial charge on any atom is -0.389 e. The largest absolute Gasteiger partial charge is 0.389 e. The second-order valence-corrected chi connectivity index (χ2v) is 5.23. The van der Waals surface area contributed by atoms with E-state index in [1.807, 2.05) is 19.1 Å². The Bertz CT molecular complexity index is 402. The van der Waals surface area contributed by atoms with Gasteiger partial charge >= 0.3 is 0 Å². The third-order valence-corrected chi connectivity index (χ3v) is 2.94. The minimum absolute atomic E-state index is 0.116. The molecule has 1 rings (SSSR count). The number of halogens is 1. The number of amides is 1. The molecule has 1 aromatic carbocycles. The van der Waals surface area contributed by atoms with Crippen LogP contribution in [0.1, 0.15) is 15.9 Å². The summed E-state index contributed by atoms with van der Waals surface area (Å²) in [6.45, 7) is 2.40. The molecule has 100 valence electrons. The normalized spacial score (nSPS) is 12.3. The summed E-state index contributed by atoms with van der Waals surface area (Å²) in [6.07, 6.45) is -0.669. The number of aliphatic hydroxyl groups excluding tert-OH is 1. The second kappa shape index (κ2) is 6.87. The molecule has 0 aromatic heterocycles. The van der Waals surface area contributed by atoms with Gasteiger partial charge in [-0.05, 0) is 30.7 Å². The standard InChI is InChI=1S/C13H18BrNO3/c1-9-4-10(6-11(14)5-9)13(17)15(2)7-12(16)8-18-3/h4-6,12,16H,7-8H2,1-3H3/t12-/m1/s1. The number of aliphatic hydroxyl groups is 1. The maximum absolute atomic E-state index is 12.1. The van der Waals surface area contributed by atoms with E-state index in [2.05, 4.69) is 15.9 Å². The van der Waals surface area contributed by atoms with E-state index in [1.54, 1.807) is 13.1 Å². The SMILES string of the molecule is COC[C@H](O)CN(C)C(=O)c1cc(C)cc(Br)c1. The van der Waals surface area contributed by atoms with Gasteiger partial charge < -0.3 is 14.7 Å². The smallest absolute Gasteiger partial charge is 0.253 e. The molecule has 0 spiro atoms. The van der Waals surface area contributed by atoms with E-state index >= 15 is 0 Å². The van der Waals surface area contributed by atoms with Crippen LogP contribution in [0.2, 0.25) is 0 Å². The van der Waals surface area contributed by atoms with Gasteiger partial charge in [-0.25, -0.2) is 0 Å². The summed E-state index contributed by atoms with van der Waals surface area (Å²) in [5.41, 5.74) is 1.62. The highest BCUT2D eigenvalue weighted by Gasteiger charge is 2.16. The molecule has 0 aliphatic carbocycles. The molecular weight excluding hydrogens is 298 g/mol. The number of methoxy groups -OCH3 is 1. The van der Waals surface area contributed by atoms with Gasteiger partial charge in [0.2, 0.25) is 0 Å². The van der Waals surface area contributed by atoms with Gasteiger partial charge in [0, 0.05) is 30.7 Å². The first-order valence-corrected chi connectivity index (χ1v) is 6.43. The fraction of sp³-hybridized carbons (Fsp3) is 0.462. The number of benzene rings is 1. The lowest BCUT2D eigenvalue weighted by Crippen LogP contribution is -2.36. The van der Waals surface area contributed by atoms with Crippen LogP contribution >= 0.6 is 15.9 Å². The van der Waals surface area contributed by atoms with Crippen molar-refractivity contribution in [2.24, 2.45) is 0 Å². The lowest BCUT2D eigenvalue weighted by Gasteiger charge is -2.20. The Kier molecular flexibility index (Phi) is 5.78. The van der Waals surface area contributed by atoms with Gasteiger partial charge in [-0.15, -0.1) is 0 Å². The number of nitrogens with zero attached hydrogens (tertiary/aromatic N) is 1. The molecule has 1 aromatic rings. The van der Waals surface area contributed by atoms with E-state index in [0.29, 0.717) is 5.56 Å². The molecule has 4 nitrogen and oxygen atoms in total. The molecule has 0 radical (unpaired) electrons. The van der Waals surface area contributed by atoms with Crippen molar-refractivity contribution in [2.75, 3.05) is 27.3 Å². The van der Waals surface area contributed by atoms with Gasteiger partial charge in [-0.1, -0.05) is 15.9 Å². The number of aryl methyl sites for hydroxylation is 1. The van der Waals surface area contributed by atoms with Crippen molar-refractivity contribution in [1.82, 2.24) is 4.90 Å². The van der Waals surface area contributed by atoms with E-state index in [0.717, 1.165) is 10.0 Å².